The van der Waals surface area contributed by atoms with E-state index in [1.54, 1.807) is 0 Å². The van der Waals surface area contributed by atoms with Crippen LogP contribution in [0.2, 0.25) is 0 Å². The van der Waals surface area contributed by atoms with Crippen LogP contribution in [0.25, 0.3) is 0 Å². The van der Waals surface area contributed by atoms with Crippen molar-refractivity contribution in [3.05, 3.63) is 33.1 Å². The first-order valence-electron chi connectivity index (χ1n) is 5.70. The highest BCUT2D eigenvalue weighted by Crippen LogP contribution is 2.14. The minimum atomic E-state index is -0.774. The molecule has 0 saturated carbocycles. The number of nitrogens with one attached hydrogen (secondary N) is 1. The van der Waals surface area contributed by atoms with E-state index in [0.717, 1.165) is 6.42 Å². The lowest BCUT2D eigenvalue weighted by Gasteiger charge is -2.26. The third-order valence-electron chi connectivity index (χ3n) is 2.42. The maximum atomic E-state index is 11.7. The lowest BCUT2D eigenvalue weighted by atomic mass is 10.3. The van der Waals surface area contributed by atoms with Crippen LogP contribution in [0.4, 0.5) is 0 Å². The Kier molecular flexibility index (Phi) is 5.76. The van der Waals surface area contributed by atoms with Crippen LogP contribution >= 0.6 is 0 Å². The molecule has 0 radical (unpaired) electrons. The molecule has 0 amide bonds. The number of nitrogens with zero attached hydrogens (tertiary/aromatic N) is 1. The van der Waals surface area contributed by atoms with Crippen molar-refractivity contribution in [3.63, 3.8) is 0 Å². The summed E-state index contributed by atoms with van der Waals surface area (Å²) in [7, 11) is 1.42. The largest absolute Gasteiger partial charge is 0.393 e. The zero-order valence-corrected chi connectivity index (χ0v) is 10.5. The molecular weight excluding hydrogens is 240 g/mol. The van der Waals surface area contributed by atoms with Gasteiger partial charge >= 0.3 is 5.69 Å². The van der Waals surface area contributed by atoms with Crippen LogP contribution in [-0.4, -0.2) is 41.1 Å². The molecule has 0 aliphatic carbocycles. The van der Waals surface area contributed by atoms with Gasteiger partial charge in [0, 0.05) is 26.0 Å². The first-order chi connectivity index (χ1) is 8.63. The Labute approximate surface area is 104 Å². The summed E-state index contributed by atoms with van der Waals surface area (Å²) in [6.07, 6.45) is 0.629. The molecule has 1 aromatic rings. The van der Waals surface area contributed by atoms with E-state index < -0.39 is 23.6 Å². The fourth-order valence-corrected chi connectivity index (χ4v) is 1.51. The number of ether oxygens (including phenoxy) is 2. The van der Waals surface area contributed by atoms with Crippen LogP contribution in [0.5, 0.6) is 0 Å². The number of H-pyrrole nitrogens is 1. The molecule has 0 spiro atoms. The lowest BCUT2D eigenvalue weighted by molar-refractivity contribution is -0.115. The molecule has 0 unspecified atom stereocenters. The Morgan fingerprint density at radius 2 is 2.22 bits per heavy atom. The van der Waals surface area contributed by atoms with E-state index in [-0.39, 0.29) is 6.61 Å². The molecule has 0 aliphatic rings. The molecule has 2 atom stereocenters. The zero-order valence-electron chi connectivity index (χ0n) is 10.5. The topological polar surface area (TPSA) is 93.5 Å². The Morgan fingerprint density at radius 3 is 2.72 bits per heavy atom. The van der Waals surface area contributed by atoms with E-state index in [4.69, 9.17) is 9.47 Å². The molecule has 0 aliphatic heterocycles. The van der Waals surface area contributed by atoms with E-state index >= 15 is 0 Å². The second-order valence-electron chi connectivity index (χ2n) is 3.74. The van der Waals surface area contributed by atoms with Crippen LogP contribution in [0.15, 0.2) is 21.9 Å². The Bertz CT molecular complexity index is 463. The summed E-state index contributed by atoms with van der Waals surface area (Å²) in [5.41, 5.74) is -1.08. The predicted octanol–water partition coefficient (Wildman–Crippen LogP) is -0.531. The van der Waals surface area contributed by atoms with Crippen molar-refractivity contribution in [2.24, 2.45) is 0 Å². The fraction of sp³-hybridized carbons (Fsp3) is 0.636. The van der Waals surface area contributed by atoms with E-state index in [2.05, 4.69) is 4.98 Å². The summed E-state index contributed by atoms with van der Waals surface area (Å²) in [6, 6.07) is 1.22. The van der Waals surface area contributed by atoms with E-state index in [9.17, 15) is 14.7 Å². The van der Waals surface area contributed by atoms with Crippen molar-refractivity contribution < 1.29 is 14.6 Å². The molecular formula is C11H18N2O5. The standard InChI is InChI=1S/C11H18N2O5/c1-3-6-18-10(8(7-14)17-2)13-5-4-9(15)12-11(13)16/h4-5,8,10,14H,3,6-7H2,1-2H3,(H,12,15,16)/t8-,10-/m1/s1. The summed E-state index contributed by atoms with van der Waals surface area (Å²) >= 11 is 0. The predicted molar refractivity (Wildman–Crippen MR) is 64.5 cm³/mol. The summed E-state index contributed by atoms with van der Waals surface area (Å²) in [6.45, 7) is 2.04. The summed E-state index contributed by atoms with van der Waals surface area (Å²) in [5.74, 6) is 0. The highest BCUT2D eigenvalue weighted by molar-refractivity contribution is 4.85. The molecule has 2 N–H and O–H groups in total. The molecule has 0 aromatic carbocycles. The Hall–Kier alpha value is -1.44. The molecule has 0 bridgehead atoms. The van der Waals surface area contributed by atoms with Crippen LogP contribution < -0.4 is 11.2 Å². The van der Waals surface area contributed by atoms with E-state index in [1.165, 1.54) is 23.9 Å². The van der Waals surface area contributed by atoms with Crippen molar-refractivity contribution in [3.8, 4) is 0 Å². The maximum absolute atomic E-state index is 11.7. The summed E-state index contributed by atoms with van der Waals surface area (Å²) in [4.78, 5) is 24.8. The molecule has 7 heteroatoms. The van der Waals surface area contributed by atoms with Crippen LogP contribution in [0.3, 0.4) is 0 Å². The second-order valence-corrected chi connectivity index (χ2v) is 3.74. The SMILES string of the molecule is CCCO[C@H]([C@@H](CO)OC)n1ccc(=O)[nH]c1=O. The molecule has 7 nitrogen and oxygen atoms in total. The third-order valence-corrected chi connectivity index (χ3v) is 2.42. The molecule has 0 saturated heterocycles. The van der Waals surface area contributed by atoms with Crippen LogP contribution in [0.1, 0.15) is 19.6 Å². The molecule has 102 valence electrons. The number of aromatic amines is 1. The fourth-order valence-electron chi connectivity index (χ4n) is 1.51. The molecule has 0 fully saturated rings. The van der Waals surface area contributed by atoms with Crippen molar-refractivity contribution in [2.45, 2.75) is 25.7 Å². The number of hydrogen-bond donors (Lipinski definition) is 2. The molecule has 18 heavy (non-hydrogen) atoms. The van der Waals surface area contributed by atoms with Gasteiger partial charge in [-0.1, -0.05) is 6.92 Å². The normalized spacial score (nSPS) is 14.4. The Balaban J connectivity index is 3.07. The van der Waals surface area contributed by atoms with Gasteiger partial charge in [-0.05, 0) is 6.42 Å². The first-order valence-corrected chi connectivity index (χ1v) is 5.70. The third kappa shape index (κ3) is 3.52. The smallest absolute Gasteiger partial charge is 0.330 e. The molecule has 1 heterocycles. The van der Waals surface area contributed by atoms with Gasteiger partial charge < -0.3 is 14.6 Å². The van der Waals surface area contributed by atoms with Gasteiger partial charge in [0.25, 0.3) is 5.56 Å². The summed E-state index contributed by atoms with van der Waals surface area (Å²) < 4.78 is 11.8. The summed E-state index contributed by atoms with van der Waals surface area (Å²) in [5, 5.41) is 9.21. The second kappa shape index (κ2) is 7.10. The first kappa shape index (κ1) is 14.6. The Morgan fingerprint density at radius 1 is 1.50 bits per heavy atom. The zero-order chi connectivity index (χ0) is 13.5. The average molecular weight is 258 g/mol. The van der Waals surface area contributed by atoms with Crippen molar-refractivity contribution in [1.29, 1.82) is 0 Å². The van der Waals surface area contributed by atoms with E-state index in [1.807, 2.05) is 6.92 Å². The van der Waals surface area contributed by atoms with Crippen LogP contribution in [0, 0.1) is 0 Å². The number of methoxy groups -OCH3 is 1. The minimum absolute atomic E-state index is 0.295. The van der Waals surface area contributed by atoms with Gasteiger partial charge in [0.15, 0.2) is 6.23 Å². The highest BCUT2D eigenvalue weighted by atomic mass is 16.6. The minimum Gasteiger partial charge on any atom is -0.393 e. The van der Waals surface area contributed by atoms with Gasteiger partial charge in [0.05, 0.1) is 6.61 Å². The highest BCUT2D eigenvalue weighted by Gasteiger charge is 2.24. The quantitative estimate of drug-likeness (QED) is 0.685. The number of rotatable bonds is 7. The monoisotopic (exact) mass is 258 g/mol. The average Bonchev–Trinajstić information content (AvgIpc) is 2.35. The molecule has 1 rings (SSSR count). The van der Waals surface area contributed by atoms with Gasteiger partial charge in [0.2, 0.25) is 0 Å². The number of hydrogen-bond acceptors (Lipinski definition) is 5. The number of aliphatic hydroxyl groups is 1. The van der Waals surface area contributed by atoms with Gasteiger partial charge in [-0.2, -0.15) is 0 Å². The van der Waals surface area contributed by atoms with Crippen molar-refractivity contribution in [2.75, 3.05) is 20.3 Å². The number of aromatic nitrogens is 2. The van der Waals surface area contributed by atoms with Gasteiger partial charge in [-0.25, -0.2) is 4.79 Å². The van der Waals surface area contributed by atoms with Crippen LogP contribution in [-0.2, 0) is 9.47 Å². The van der Waals surface area contributed by atoms with Gasteiger partial charge in [0.1, 0.15) is 6.10 Å². The van der Waals surface area contributed by atoms with Crippen molar-refractivity contribution >= 4 is 0 Å². The maximum Gasteiger partial charge on any atom is 0.330 e. The number of aliphatic hydroxyl groups excluding tert-OH is 1. The van der Waals surface area contributed by atoms with E-state index in [0.29, 0.717) is 6.61 Å². The van der Waals surface area contributed by atoms with Gasteiger partial charge in [-0.15, -0.1) is 0 Å². The van der Waals surface area contributed by atoms with Gasteiger partial charge in [-0.3, -0.25) is 14.3 Å². The van der Waals surface area contributed by atoms with Crippen molar-refractivity contribution in [1.82, 2.24) is 9.55 Å². The lowest BCUT2D eigenvalue weighted by Crippen LogP contribution is -2.40. The molecule has 1 aromatic heterocycles.